The molecule has 0 atom stereocenters. The summed E-state index contributed by atoms with van der Waals surface area (Å²) in [4.78, 5) is 8.29. The standard InChI is InChI=1S/C12H19N3/c1-12(2)5-3-10(4-6-12)15-11-9-13-7-8-14-11/h7-10H,3-6H2,1-2H3,(H,14,15). The van der Waals surface area contributed by atoms with Crippen LogP contribution in [-0.4, -0.2) is 16.0 Å². The van der Waals surface area contributed by atoms with Gasteiger partial charge in [-0.05, 0) is 31.1 Å². The van der Waals surface area contributed by atoms with E-state index >= 15 is 0 Å². The van der Waals surface area contributed by atoms with E-state index in [4.69, 9.17) is 0 Å². The van der Waals surface area contributed by atoms with Crippen LogP contribution in [0.3, 0.4) is 0 Å². The number of aromatic nitrogens is 2. The molecule has 1 N–H and O–H groups in total. The second kappa shape index (κ2) is 4.17. The SMILES string of the molecule is CC1(C)CCC(Nc2cnccn2)CC1. The van der Waals surface area contributed by atoms with Gasteiger partial charge in [-0.3, -0.25) is 4.98 Å². The Kier molecular flexibility index (Phi) is 2.89. The van der Waals surface area contributed by atoms with E-state index < -0.39 is 0 Å². The number of nitrogens with zero attached hydrogens (tertiary/aromatic N) is 2. The summed E-state index contributed by atoms with van der Waals surface area (Å²) >= 11 is 0. The fourth-order valence-electron chi connectivity index (χ4n) is 2.13. The molecular formula is C12H19N3. The molecule has 1 fully saturated rings. The minimum Gasteiger partial charge on any atom is -0.366 e. The van der Waals surface area contributed by atoms with Gasteiger partial charge in [-0.25, -0.2) is 4.98 Å². The molecule has 0 aliphatic heterocycles. The molecule has 1 heterocycles. The van der Waals surface area contributed by atoms with Crippen molar-refractivity contribution in [3.63, 3.8) is 0 Å². The molecule has 0 aromatic carbocycles. The Hall–Kier alpha value is -1.12. The summed E-state index contributed by atoms with van der Waals surface area (Å²) < 4.78 is 0. The summed E-state index contributed by atoms with van der Waals surface area (Å²) in [6.07, 6.45) is 10.3. The van der Waals surface area contributed by atoms with E-state index in [-0.39, 0.29) is 0 Å². The maximum Gasteiger partial charge on any atom is 0.144 e. The number of nitrogens with one attached hydrogen (secondary N) is 1. The van der Waals surface area contributed by atoms with Gasteiger partial charge in [0.15, 0.2) is 0 Å². The molecular weight excluding hydrogens is 186 g/mol. The summed E-state index contributed by atoms with van der Waals surface area (Å²) in [7, 11) is 0. The highest BCUT2D eigenvalue weighted by molar-refractivity contribution is 5.31. The molecule has 0 unspecified atom stereocenters. The van der Waals surface area contributed by atoms with E-state index in [0.29, 0.717) is 11.5 Å². The van der Waals surface area contributed by atoms with Crippen molar-refractivity contribution in [2.24, 2.45) is 5.41 Å². The van der Waals surface area contributed by atoms with E-state index in [1.807, 2.05) is 0 Å². The normalized spacial score (nSPS) is 21.2. The number of rotatable bonds is 2. The largest absolute Gasteiger partial charge is 0.366 e. The fraction of sp³-hybridized carbons (Fsp3) is 0.667. The van der Waals surface area contributed by atoms with Crippen molar-refractivity contribution in [1.29, 1.82) is 0 Å². The maximum absolute atomic E-state index is 4.24. The predicted octanol–water partition coefficient (Wildman–Crippen LogP) is 2.86. The number of anilines is 1. The molecule has 1 saturated carbocycles. The molecule has 3 nitrogen and oxygen atoms in total. The highest BCUT2D eigenvalue weighted by Gasteiger charge is 2.26. The molecule has 1 aromatic rings. The Labute approximate surface area is 91.3 Å². The molecule has 0 bridgehead atoms. The zero-order chi connectivity index (χ0) is 10.7. The molecule has 1 aliphatic rings. The third-order valence-electron chi connectivity index (χ3n) is 3.25. The first-order chi connectivity index (χ1) is 7.16. The van der Waals surface area contributed by atoms with Crippen molar-refractivity contribution in [2.45, 2.75) is 45.6 Å². The lowest BCUT2D eigenvalue weighted by atomic mass is 9.75. The van der Waals surface area contributed by atoms with Crippen molar-refractivity contribution in [2.75, 3.05) is 5.32 Å². The van der Waals surface area contributed by atoms with Crippen LogP contribution in [0.25, 0.3) is 0 Å². The van der Waals surface area contributed by atoms with E-state index in [0.717, 1.165) is 5.82 Å². The Balaban J connectivity index is 1.88. The molecule has 0 amide bonds. The first-order valence-corrected chi connectivity index (χ1v) is 5.68. The molecule has 1 aliphatic carbocycles. The van der Waals surface area contributed by atoms with Crippen LogP contribution >= 0.6 is 0 Å². The number of hydrogen-bond donors (Lipinski definition) is 1. The van der Waals surface area contributed by atoms with Gasteiger partial charge in [0.05, 0.1) is 6.20 Å². The Bertz CT molecular complexity index is 298. The lowest BCUT2D eigenvalue weighted by Gasteiger charge is -2.34. The second-order valence-electron chi connectivity index (χ2n) is 5.17. The predicted molar refractivity (Wildman–Crippen MR) is 61.7 cm³/mol. The van der Waals surface area contributed by atoms with Gasteiger partial charge in [-0.2, -0.15) is 0 Å². The van der Waals surface area contributed by atoms with Gasteiger partial charge in [-0.1, -0.05) is 13.8 Å². The quantitative estimate of drug-likeness (QED) is 0.806. The van der Waals surface area contributed by atoms with E-state index in [2.05, 4.69) is 29.1 Å². The van der Waals surface area contributed by atoms with Gasteiger partial charge in [-0.15, -0.1) is 0 Å². The van der Waals surface area contributed by atoms with Gasteiger partial charge < -0.3 is 5.32 Å². The van der Waals surface area contributed by atoms with Crippen LogP contribution in [0, 0.1) is 5.41 Å². The van der Waals surface area contributed by atoms with Crippen molar-refractivity contribution in [3.8, 4) is 0 Å². The average molecular weight is 205 g/mol. The molecule has 0 saturated heterocycles. The third kappa shape index (κ3) is 2.91. The Morgan fingerprint density at radius 3 is 2.60 bits per heavy atom. The fourth-order valence-corrected chi connectivity index (χ4v) is 2.13. The van der Waals surface area contributed by atoms with Crippen LogP contribution in [0.4, 0.5) is 5.82 Å². The first kappa shape index (κ1) is 10.4. The molecule has 3 heteroatoms. The summed E-state index contributed by atoms with van der Waals surface area (Å²) in [6.45, 7) is 4.71. The van der Waals surface area contributed by atoms with Crippen LogP contribution in [0.15, 0.2) is 18.6 Å². The second-order valence-corrected chi connectivity index (χ2v) is 5.17. The minimum atomic E-state index is 0.528. The van der Waals surface area contributed by atoms with Gasteiger partial charge in [0, 0.05) is 18.4 Å². The third-order valence-corrected chi connectivity index (χ3v) is 3.25. The minimum absolute atomic E-state index is 0.528. The van der Waals surface area contributed by atoms with Crippen molar-refractivity contribution >= 4 is 5.82 Å². The van der Waals surface area contributed by atoms with Crippen LogP contribution in [-0.2, 0) is 0 Å². The Morgan fingerprint density at radius 2 is 2.00 bits per heavy atom. The van der Waals surface area contributed by atoms with Crippen LogP contribution < -0.4 is 5.32 Å². The molecule has 0 spiro atoms. The van der Waals surface area contributed by atoms with E-state index in [1.165, 1.54) is 25.7 Å². The van der Waals surface area contributed by atoms with Crippen LogP contribution in [0.2, 0.25) is 0 Å². The van der Waals surface area contributed by atoms with Crippen LogP contribution in [0.1, 0.15) is 39.5 Å². The topological polar surface area (TPSA) is 37.8 Å². The monoisotopic (exact) mass is 205 g/mol. The maximum atomic E-state index is 4.24. The lowest BCUT2D eigenvalue weighted by Crippen LogP contribution is -2.30. The lowest BCUT2D eigenvalue weighted by molar-refractivity contribution is 0.232. The molecule has 1 aromatic heterocycles. The average Bonchev–Trinajstić information content (AvgIpc) is 2.23. The highest BCUT2D eigenvalue weighted by atomic mass is 15.0. The van der Waals surface area contributed by atoms with Gasteiger partial charge >= 0.3 is 0 Å². The smallest absolute Gasteiger partial charge is 0.144 e. The van der Waals surface area contributed by atoms with Gasteiger partial charge in [0.25, 0.3) is 0 Å². The highest BCUT2D eigenvalue weighted by Crippen LogP contribution is 2.35. The summed E-state index contributed by atoms with van der Waals surface area (Å²) in [5, 5.41) is 3.44. The number of hydrogen-bond acceptors (Lipinski definition) is 3. The van der Waals surface area contributed by atoms with Crippen molar-refractivity contribution in [3.05, 3.63) is 18.6 Å². The summed E-state index contributed by atoms with van der Waals surface area (Å²) in [6, 6.07) is 0.578. The van der Waals surface area contributed by atoms with E-state index in [9.17, 15) is 0 Å². The summed E-state index contributed by atoms with van der Waals surface area (Å²) in [5.41, 5.74) is 0.528. The Morgan fingerprint density at radius 1 is 1.27 bits per heavy atom. The molecule has 82 valence electrons. The summed E-state index contributed by atoms with van der Waals surface area (Å²) in [5.74, 6) is 0.905. The zero-order valence-corrected chi connectivity index (χ0v) is 9.53. The van der Waals surface area contributed by atoms with Gasteiger partial charge in [0.1, 0.15) is 5.82 Å². The zero-order valence-electron chi connectivity index (χ0n) is 9.53. The molecule has 2 rings (SSSR count). The van der Waals surface area contributed by atoms with E-state index in [1.54, 1.807) is 18.6 Å². The van der Waals surface area contributed by atoms with Crippen LogP contribution in [0.5, 0.6) is 0 Å². The first-order valence-electron chi connectivity index (χ1n) is 5.68. The van der Waals surface area contributed by atoms with Crippen molar-refractivity contribution < 1.29 is 0 Å². The van der Waals surface area contributed by atoms with Crippen molar-refractivity contribution in [1.82, 2.24) is 9.97 Å². The van der Waals surface area contributed by atoms with Gasteiger partial charge in [0.2, 0.25) is 0 Å². The molecule has 0 radical (unpaired) electrons. The molecule has 15 heavy (non-hydrogen) atoms.